The van der Waals surface area contributed by atoms with Gasteiger partial charge in [0.1, 0.15) is 16.7 Å². The SMILES string of the molecule is CC(C)(C)NC(=O)[C@H](c1ccc(F)cc1)N(C[C@H]1CCCO1)C(=O)c1snc(C(N)=O)c1N. The molecule has 11 heteroatoms. The number of primary amides is 1. The molecule has 1 saturated heterocycles. The zero-order valence-corrected chi connectivity index (χ0v) is 19.6. The van der Waals surface area contributed by atoms with Gasteiger partial charge in [0.15, 0.2) is 5.69 Å². The van der Waals surface area contributed by atoms with Gasteiger partial charge in [-0.2, -0.15) is 4.37 Å². The Balaban J connectivity index is 2.08. The number of hydrogen-bond acceptors (Lipinski definition) is 7. The number of nitrogen functional groups attached to an aromatic ring is 1. The van der Waals surface area contributed by atoms with Gasteiger partial charge in [-0.3, -0.25) is 14.4 Å². The maximum atomic E-state index is 13.7. The lowest BCUT2D eigenvalue weighted by molar-refractivity contribution is -0.127. The lowest BCUT2D eigenvalue weighted by Gasteiger charge is -2.34. The van der Waals surface area contributed by atoms with Crippen molar-refractivity contribution in [1.29, 1.82) is 0 Å². The third-order valence-corrected chi connectivity index (χ3v) is 5.94. The van der Waals surface area contributed by atoms with Crippen molar-refractivity contribution < 1.29 is 23.5 Å². The summed E-state index contributed by atoms with van der Waals surface area (Å²) in [6.45, 7) is 6.11. The number of nitrogens with zero attached hydrogens (tertiary/aromatic N) is 2. The molecular weight excluding hydrogens is 449 g/mol. The molecule has 2 aromatic rings. The number of ether oxygens (including phenoxy) is 1. The quantitative estimate of drug-likeness (QED) is 0.559. The van der Waals surface area contributed by atoms with E-state index in [1.54, 1.807) is 0 Å². The van der Waals surface area contributed by atoms with E-state index in [2.05, 4.69) is 9.69 Å². The summed E-state index contributed by atoms with van der Waals surface area (Å²) in [6.07, 6.45) is 1.26. The Morgan fingerprint density at radius 2 is 1.97 bits per heavy atom. The summed E-state index contributed by atoms with van der Waals surface area (Å²) in [6, 6.07) is 4.28. The first kappa shape index (κ1) is 24.6. The fourth-order valence-corrected chi connectivity index (χ4v) is 4.39. The molecule has 1 aromatic carbocycles. The van der Waals surface area contributed by atoms with E-state index in [0.717, 1.165) is 18.0 Å². The molecule has 0 unspecified atom stereocenters. The van der Waals surface area contributed by atoms with Gasteiger partial charge in [-0.25, -0.2) is 4.39 Å². The van der Waals surface area contributed by atoms with E-state index in [1.807, 2.05) is 20.8 Å². The highest BCUT2D eigenvalue weighted by Crippen LogP contribution is 2.31. The first-order chi connectivity index (χ1) is 15.5. The Morgan fingerprint density at radius 3 is 2.48 bits per heavy atom. The van der Waals surface area contributed by atoms with Gasteiger partial charge in [0, 0.05) is 18.7 Å². The molecular formula is C22H28FN5O4S. The molecule has 1 aliphatic rings. The number of nitrogens with one attached hydrogen (secondary N) is 1. The van der Waals surface area contributed by atoms with Crippen molar-refractivity contribution in [2.24, 2.45) is 5.73 Å². The molecule has 0 saturated carbocycles. The second kappa shape index (κ2) is 9.84. The lowest BCUT2D eigenvalue weighted by atomic mass is 10.0. The summed E-state index contributed by atoms with van der Waals surface area (Å²) in [5.41, 5.74) is 10.8. The molecule has 1 fully saturated rings. The highest BCUT2D eigenvalue weighted by Gasteiger charge is 2.37. The predicted octanol–water partition coefficient (Wildman–Crippen LogP) is 2.24. The van der Waals surface area contributed by atoms with Gasteiger partial charge in [-0.1, -0.05) is 12.1 Å². The lowest BCUT2D eigenvalue weighted by Crippen LogP contribution is -2.50. The topological polar surface area (TPSA) is 141 Å². The maximum Gasteiger partial charge on any atom is 0.270 e. The number of carbonyl (C=O) groups is 3. The van der Waals surface area contributed by atoms with Crippen molar-refractivity contribution in [3.05, 3.63) is 46.2 Å². The van der Waals surface area contributed by atoms with Gasteiger partial charge < -0.3 is 26.4 Å². The van der Waals surface area contributed by atoms with Crippen molar-refractivity contribution in [2.75, 3.05) is 18.9 Å². The van der Waals surface area contributed by atoms with Crippen LogP contribution in [-0.2, 0) is 9.53 Å². The Hall–Kier alpha value is -3.05. The average Bonchev–Trinajstić information content (AvgIpc) is 3.36. The summed E-state index contributed by atoms with van der Waals surface area (Å²) >= 11 is 0.739. The average molecular weight is 478 g/mol. The van der Waals surface area contributed by atoms with Crippen LogP contribution in [0.2, 0.25) is 0 Å². The molecule has 5 N–H and O–H groups in total. The largest absolute Gasteiger partial charge is 0.395 e. The summed E-state index contributed by atoms with van der Waals surface area (Å²) in [4.78, 5) is 40.1. The number of nitrogens with two attached hydrogens (primary N) is 2. The molecule has 1 aliphatic heterocycles. The van der Waals surface area contributed by atoms with Crippen molar-refractivity contribution in [1.82, 2.24) is 14.6 Å². The number of benzene rings is 1. The smallest absolute Gasteiger partial charge is 0.270 e. The van der Waals surface area contributed by atoms with Crippen molar-refractivity contribution in [3.63, 3.8) is 0 Å². The van der Waals surface area contributed by atoms with Gasteiger partial charge >= 0.3 is 0 Å². The van der Waals surface area contributed by atoms with Crippen LogP contribution >= 0.6 is 11.5 Å². The molecule has 2 atom stereocenters. The highest BCUT2D eigenvalue weighted by molar-refractivity contribution is 7.09. The fourth-order valence-electron chi connectivity index (χ4n) is 3.63. The van der Waals surface area contributed by atoms with Gasteiger partial charge in [-0.05, 0) is 62.8 Å². The molecule has 0 spiro atoms. The molecule has 178 valence electrons. The van der Waals surface area contributed by atoms with Gasteiger partial charge in [0.25, 0.3) is 11.8 Å². The first-order valence-corrected chi connectivity index (χ1v) is 11.3. The monoisotopic (exact) mass is 477 g/mol. The van der Waals surface area contributed by atoms with Crippen molar-refractivity contribution in [2.45, 2.75) is 51.3 Å². The van der Waals surface area contributed by atoms with Crippen LogP contribution in [0.3, 0.4) is 0 Å². The second-order valence-corrected chi connectivity index (χ2v) is 9.70. The molecule has 1 aromatic heterocycles. The standard InChI is InChI=1S/C22H28FN5O4S/c1-22(2,3)26-20(30)17(12-6-8-13(23)9-7-12)28(11-14-5-4-10-32-14)21(31)18-15(24)16(19(25)29)27-33-18/h6-9,14,17H,4-5,10-11,24H2,1-3H3,(H2,25,29)(H,26,30)/t14-,17+/m1/s1. The van der Waals surface area contributed by atoms with Crippen molar-refractivity contribution >= 4 is 34.9 Å². The zero-order valence-electron chi connectivity index (χ0n) is 18.8. The number of anilines is 1. The fraction of sp³-hybridized carbons (Fsp3) is 0.455. The Morgan fingerprint density at radius 1 is 1.30 bits per heavy atom. The minimum Gasteiger partial charge on any atom is -0.395 e. The van der Waals surface area contributed by atoms with Crippen LogP contribution in [0, 0.1) is 5.82 Å². The van der Waals surface area contributed by atoms with Gasteiger partial charge in [0.05, 0.1) is 11.8 Å². The van der Waals surface area contributed by atoms with Crippen LogP contribution < -0.4 is 16.8 Å². The van der Waals surface area contributed by atoms with Crippen LogP contribution in [0.4, 0.5) is 10.1 Å². The molecule has 2 heterocycles. The van der Waals surface area contributed by atoms with Crippen LogP contribution in [0.5, 0.6) is 0 Å². The Labute approximate surface area is 195 Å². The number of amides is 3. The number of rotatable bonds is 7. The predicted molar refractivity (Wildman–Crippen MR) is 122 cm³/mol. The minimum atomic E-state index is -1.10. The summed E-state index contributed by atoms with van der Waals surface area (Å²) in [5.74, 6) is -2.36. The number of aromatic nitrogens is 1. The number of hydrogen-bond donors (Lipinski definition) is 3. The normalized spacial score (nSPS) is 16.9. The Kier molecular flexibility index (Phi) is 7.33. The summed E-state index contributed by atoms with van der Waals surface area (Å²) < 4.78 is 23.3. The molecule has 0 aliphatic carbocycles. The van der Waals surface area contributed by atoms with E-state index < -0.39 is 35.1 Å². The minimum absolute atomic E-state index is 0.00235. The summed E-state index contributed by atoms with van der Waals surface area (Å²) in [7, 11) is 0. The van der Waals surface area contributed by atoms with E-state index in [4.69, 9.17) is 16.2 Å². The van der Waals surface area contributed by atoms with E-state index in [0.29, 0.717) is 18.6 Å². The number of halogens is 1. The van der Waals surface area contributed by atoms with E-state index >= 15 is 0 Å². The highest BCUT2D eigenvalue weighted by atomic mass is 32.1. The Bertz CT molecular complexity index is 1030. The van der Waals surface area contributed by atoms with Crippen LogP contribution in [-0.4, -0.2) is 51.8 Å². The van der Waals surface area contributed by atoms with E-state index in [1.165, 1.54) is 29.2 Å². The van der Waals surface area contributed by atoms with Crippen LogP contribution in [0.1, 0.15) is 65.4 Å². The molecule has 9 nitrogen and oxygen atoms in total. The van der Waals surface area contributed by atoms with Gasteiger partial charge in [0.2, 0.25) is 5.91 Å². The molecule has 0 bridgehead atoms. The first-order valence-electron chi connectivity index (χ1n) is 10.5. The third kappa shape index (κ3) is 5.85. The van der Waals surface area contributed by atoms with E-state index in [9.17, 15) is 18.8 Å². The molecule has 3 rings (SSSR count). The number of carbonyl (C=O) groups excluding carboxylic acids is 3. The molecule has 33 heavy (non-hydrogen) atoms. The molecule has 3 amide bonds. The summed E-state index contributed by atoms with van der Waals surface area (Å²) in [5, 5.41) is 2.90. The second-order valence-electron chi connectivity index (χ2n) is 8.92. The van der Waals surface area contributed by atoms with Crippen LogP contribution in [0.15, 0.2) is 24.3 Å². The third-order valence-electron chi connectivity index (χ3n) is 5.08. The maximum absolute atomic E-state index is 13.7. The zero-order chi connectivity index (χ0) is 24.3. The van der Waals surface area contributed by atoms with Crippen molar-refractivity contribution in [3.8, 4) is 0 Å². The van der Waals surface area contributed by atoms with Gasteiger partial charge in [-0.15, -0.1) is 0 Å². The van der Waals surface area contributed by atoms with Crippen LogP contribution in [0.25, 0.3) is 0 Å². The molecule has 0 radical (unpaired) electrons. The van der Waals surface area contributed by atoms with E-state index in [-0.39, 0.29) is 28.9 Å².